The number of nitrogens with zero attached hydrogens (tertiary/aromatic N) is 1. The van der Waals surface area contributed by atoms with Crippen molar-refractivity contribution in [1.29, 1.82) is 0 Å². The van der Waals surface area contributed by atoms with Gasteiger partial charge in [0, 0.05) is 5.56 Å². The van der Waals surface area contributed by atoms with Gasteiger partial charge in [0.15, 0.2) is 12.2 Å². The van der Waals surface area contributed by atoms with Gasteiger partial charge in [-0.3, -0.25) is 4.79 Å². The molecule has 1 amide bonds. The first-order valence-corrected chi connectivity index (χ1v) is 11.9. The summed E-state index contributed by atoms with van der Waals surface area (Å²) in [7, 11) is 0. The molecule has 6 heteroatoms. The molecule has 176 valence electrons. The number of amides is 1. The van der Waals surface area contributed by atoms with Crippen molar-refractivity contribution >= 4 is 34.3 Å². The molecule has 3 aromatic carbocycles. The Bertz CT molecular complexity index is 1300. The van der Waals surface area contributed by atoms with E-state index in [4.69, 9.17) is 20.8 Å². The first-order chi connectivity index (χ1) is 16.3. The number of hydrogen-bond donors (Lipinski definition) is 1. The number of rotatable bonds is 8. The molecule has 0 aliphatic carbocycles. The molecule has 0 spiro atoms. The van der Waals surface area contributed by atoms with Crippen LogP contribution in [0.5, 0.6) is 5.75 Å². The molecule has 1 heterocycles. The van der Waals surface area contributed by atoms with E-state index in [0.717, 1.165) is 23.1 Å². The Kier molecular flexibility index (Phi) is 7.23. The third-order valence-corrected chi connectivity index (χ3v) is 6.33. The zero-order valence-electron chi connectivity index (χ0n) is 19.9. The number of benzene rings is 3. The van der Waals surface area contributed by atoms with Crippen molar-refractivity contribution in [2.45, 2.75) is 46.0 Å². The monoisotopic (exact) mass is 476 g/mol. The number of oxazole rings is 1. The zero-order chi connectivity index (χ0) is 24.2. The van der Waals surface area contributed by atoms with Gasteiger partial charge in [-0.1, -0.05) is 57.5 Å². The maximum Gasteiger partial charge on any atom is 0.262 e. The number of nitrogens with one attached hydrogen (secondary N) is 1. The summed E-state index contributed by atoms with van der Waals surface area (Å²) >= 11 is 6.34. The van der Waals surface area contributed by atoms with Crippen LogP contribution in [0.3, 0.4) is 0 Å². The molecule has 34 heavy (non-hydrogen) atoms. The summed E-state index contributed by atoms with van der Waals surface area (Å²) in [5.41, 5.74) is 5.19. The number of ether oxygens (including phenoxy) is 1. The van der Waals surface area contributed by atoms with Gasteiger partial charge in [-0.15, -0.1) is 0 Å². The van der Waals surface area contributed by atoms with E-state index in [9.17, 15) is 4.79 Å². The summed E-state index contributed by atoms with van der Waals surface area (Å²) in [6.07, 6.45) is 1.06. The second-order valence-corrected chi connectivity index (χ2v) is 9.22. The van der Waals surface area contributed by atoms with Crippen LogP contribution in [0, 0.1) is 0 Å². The normalized spacial score (nSPS) is 12.2. The fourth-order valence-electron chi connectivity index (χ4n) is 3.65. The highest BCUT2D eigenvalue weighted by atomic mass is 35.5. The first kappa shape index (κ1) is 23.8. The van der Waals surface area contributed by atoms with Crippen LogP contribution in [0.25, 0.3) is 22.6 Å². The molecule has 1 aromatic heterocycles. The van der Waals surface area contributed by atoms with Crippen LogP contribution in [0.15, 0.2) is 65.1 Å². The van der Waals surface area contributed by atoms with E-state index in [-0.39, 0.29) is 12.5 Å². The van der Waals surface area contributed by atoms with Gasteiger partial charge in [-0.05, 0) is 71.8 Å². The third-order valence-electron chi connectivity index (χ3n) is 6.00. The molecule has 0 saturated heterocycles. The molecule has 0 bridgehead atoms. The number of fused-ring (bicyclic) bond motifs is 1. The highest BCUT2D eigenvalue weighted by Crippen LogP contribution is 2.32. The second-order valence-electron chi connectivity index (χ2n) is 8.81. The minimum Gasteiger partial charge on any atom is -0.484 e. The summed E-state index contributed by atoms with van der Waals surface area (Å²) in [5, 5.41) is 3.24. The predicted octanol–water partition coefficient (Wildman–Crippen LogP) is 7.80. The molecule has 4 rings (SSSR count). The van der Waals surface area contributed by atoms with E-state index in [0.29, 0.717) is 34.2 Å². The molecular formula is C28H29ClN2O3. The van der Waals surface area contributed by atoms with E-state index in [2.05, 4.69) is 50.1 Å². The zero-order valence-corrected chi connectivity index (χ0v) is 20.6. The van der Waals surface area contributed by atoms with Gasteiger partial charge in [0.05, 0.1) is 10.7 Å². The smallest absolute Gasteiger partial charge is 0.262 e. The van der Waals surface area contributed by atoms with Crippen molar-refractivity contribution in [2.75, 3.05) is 11.9 Å². The number of anilines is 1. The number of carbonyl (C=O) groups excluding carboxylic acids is 1. The lowest BCUT2D eigenvalue weighted by Crippen LogP contribution is -2.20. The van der Waals surface area contributed by atoms with Crippen LogP contribution in [0.2, 0.25) is 5.02 Å². The Hall–Kier alpha value is -3.31. The molecule has 1 N–H and O–H groups in total. The number of hydrogen-bond acceptors (Lipinski definition) is 4. The topological polar surface area (TPSA) is 64.4 Å². The standard InChI is InChI=1S/C28H29ClN2O3/c1-5-18(4)20-9-13-26-25(14-20)31-28(34-26)21-8-12-23(29)24(15-21)30-27(32)16-33-22-10-6-19(7-11-22)17(2)3/h6-15,17-18H,5,16H2,1-4H3,(H,30,32). The van der Waals surface area contributed by atoms with Gasteiger partial charge >= 0.3 is 0 Å². The minimum atomic E-state index is -0.303. The van der Waals surface area contributed by atoms with Crippen LogP contribution in [-0.4, -0.2) is 17.5 Å². The fourth-order valence-corrected chi connectivity index (χ4v) is 3.81. The number of halogens is 1. The van der Waals surface area contributed by atoms with E-state index in [1.807, 2.05) is 36.4 Å². The highest BCUT2D eigenvalue weighted by Gasteiger charge is 2.14. The van der Waals surface area contributed by atoms with E-state index in [1.54, 1.807) is 12.1 Å². The van der Waals surface area contributed by atoms with Gasteiger partial charge in [-0.2, -0.15) is 0 Å². The largest absolute Gasteiger partial charge is 0.484 e. The maximum atomic E-state index is 12.5. The Balaban J connectivity index is 1.47. The predicted molar refractivity (Wildman–Crippen MR) is 138 cm³/mol. The Morgan fingerprint density at radius 1 is 1.03 bits per heavy atom. The van der Waals surface area contributed by atoms with Crippen molar-refractivity contribution in [2.24, 2.45) is 0 Å². The van der Waals surface area contributed by atoms with Crippen molar-refractivity contribution in [1.82, 2.24) is 4.98 Å². The highest BCUT2D eigenvalue weighted by molar-refractivity contribution is 6.33. The molecule has 0 aliphatic rings. The van der Waals surface area contributed by atoms with Crippen LogP contribution < -0.4 is 10.1 Å². The van der Waals surface area contributed by atoms with E-state index >= 15 is 0 Å². The van der Waals surface area contributed by atoms with Crippen LogP contribution in [0.4, 0.5) is 5.69 Å². The lowest BCUT2D eigenvalue weighted by atomic mass is 9.98. The fraction of sp³-hybridized carbons (Fsp3) is 0.286. The van der Waals surface area contributed by atoms with Gasteiger partial charge in [0.25, 0.3) is 5.91 Å². The Labute approximate surface area is 205 Å². The second kappa shape index (κ2) is 10.3. The number of aromatic nitrogens is 1. The summed E-state index contributed by atoms with van der Waals surface area (Å²) < 4.78 is 11.6. The summed E-state index contributed by atoms with van der Waals surface area (Å²) in [4.78, 5) is 17.2. The van der Waals surface area contributed by atoms with Crippen molar-refractivity contribution < 1.29 is 13.9 Å². The Morgan fingerprint density at radius 2 is 1.76 bits per heavy atom. The average Bonchev–Trinajstić information content (AvgIpc) is 3.27. The maximum absolute atomic E-state index is 12.5. The number of carbonyl (C=O) groups is 1. The quantitative estimate of drug-likeness (QED) is 0.281. The van der Waals surface area contributed by atoms with Crippen molar-refractivity contribution in [3.8, 4) is 17.2 Å². The molecule has 0 radical (unpaired) electrons. The van der Waals surface area contributed by atoms with Crippen molar-refractivity contribution in [3.63, 3.8) is 0 Å². The molecule has 5 nitrogen and oxygen atoms in total. The summed E-state index contributed by atoms with van der Waals surface area (Å²) in [5.74, 6) is 1.71. The van der Waals surface area contributed by atoms with Crippen LogP contribution >= 0.6 is 11.6 Å². The van der Waals surface area contributed by atoms with E-state index < -0.39 is 0 Å². The first-order valence-electron chi connectivity index (χ1n) is 11.6. The molecule has 0 saturated carbocycles. The Morgan fingerprint density at radius 3 is 2.47 bits per heavy atom. The van der Waals surface area contributed by atoms with E-state index in [1.165, 1.54) is 11.1 Å². The summed E-state index contributed by atoms with van der Waals surface area (Å²) in [6.45, 7) is 8.50. The summed E-state index contributed by atoms with van der Waals surface area (Å²) in [6, 6.07) is 19.2. The lowest BCUT2D eigenvalue weighted by Gasteiger charge is -2.11. The molecular weight excluding hydrogens is 448 g/mol. The van der Waals surface area contributed by atoms with Gasteiger partial charge in [0.2, 0.25) is 5.89 Å². The molecule has 1 atom stereocenters. The lowest BCUT2D eigenvalue weighted by molar-refractivity contribution is -0.118. The van der Waals surface area contributed by atoms with Gasteiger partial charge in [0.1, 0.15) is 11.3 Å². The third kappa shape index (κ3) is 5.42. The van der Waals surface area contributed by atoms with Crippen LogP contribution in [-0.2, 0) is 4.79 Å². The van der Waals surface area contributed by atoms with Gasteiger partial charge < -0.3 is 14.5 Å². The molecule has 0 fully saturated rings. The molecule has 4 aromatic rings. The van der Waals surface area contributed by atoms with Crippen LogP contribution in [0.1, 0.15) is 57.1 Å². The van der Waals surface area contributed by atoms with Gasteiger partial charge in [-0.25, -0.2) is 4.98 Å². The minimum absolute atomic E-state index is 0.122. The average molecular weight is 477 g/mol. The molecule has 0 aliphatic heterocycles. The van der Waals surface area contributed by atoms with Crippen molar-refractivity contribution in [3.05, 3.63) is 76.8 Å². The molecule has 1 unspecified atom stereocenters. The SMILES string of the molecule is CCC(C)c1ccc2oc(-c3ccc(Cl)c(NC(=O)COc4ccc(C(C)C)cc4)c3)nc2c1.